The van der Waals surface area contributed by atoms with E-state index in [-0.39, 0.29) is 11.8 Å². The number of nitrogens with zero attached hydrogens (tertiary/aromatic N) is 2. The first kappa shape index (κ1) is 45.9. The maximum atomic E-state index is 12.1. The molecular formula is C61H67N6O3+. The van der Waals surface area contributed by atoms with Crippen LogP contribution in [0.2, 0.25) is 0 Å². The fourth-order valence-electron chi connectivity index (χ4n) is 12.1. The number of nitrogens with one attached hydrogen (secondary N) is 4. The fraction of sp³-hybridized carbons (Fsp3) is 0.361. The average molecular weight is 932 g/mol. The largest absolute Gasteiger partial charge is 0.455 e. The summed E-state index contributed by atoms with van der Waals surface area (Å²) in [5, 5.41) is 21.0. The highest BCUT2D eigenvalue weighted by atomic mass is 16.5. The van der Waals surface area contributed by atoms with Gasteiger partial charge in [0.15, 0.2) is 0 Å². The molecule has 0 aliphatic carbocycles. The van der Waals surface area contributed by atoms with Crippen LogP contribution in [0.4, 0.5) is 5.69 Å². The molecule has 6 aromatic carbocycles. The first-order valence-electron chi connectivity index (χ1n) is 26.0. The number of anilines is 1. The second-order valence-electron chi connectivity index (χ2n) is 20.3. The van der Waals surface area contributed by atoms with Gasteiger partial charge in [0, 0.05) is 96.4 Å². The van der Waals surface area contributed by atoms with Crippen molar-refractivity contribution in [2.24, 2.45) is 0 Å². The van der Waals surface area contributed by atoms with Crippen molar-refractivity contribution in [1.29, 1.82) is 0 Å². The molecule has 0 saturated carbocycles. The van der Waals surface area contributed by atoms with Crippen molar-refractivity contribution in [3.8, 4) is 22.6 Å². The van der Waals surface area contributed by atoms with Gasteiger partial charge in [0.25, 0.3) is 0 Å². The predicted octanol–water partition coefficient (Wildman–Crippen LogP) is 8.44. The molecule has 5 aliphatic rings. The van der Waals surface area contributed by atoms with Gasteiger partial charge in [0.1, 0.15) is 24.6 Å². The minimum atomic E-state index is -0.0987. The smallest absolute Gasteiger partial charge is 0.246 e. The van der Waals surface area contributed by atoms with E-state index in [9.17, 15) is 9.59 Å². The number of carbonyl (C=O) groups is 2. The number of carbonyl (C=O) groups excluding carboxylic acids is 2. The van der Waals surface area contributed by atoms with E-state index >= 15 is 0 Å². The Morgan fingerprint density at radius 3 is 1.89 bits per heavy atom. The maximum Gasteiger partial charge on any atom is 0.246 e. The summed E-state index contributed by atoms with van der Waals surface area (Å²) in [6, 6.07) is 30.2. The zero-order valence-corrected chi connectivity index (χ0v) is 41.2. The van der Waals surface area contributed by atoms with Crippen LogP contribution in [0.5, 0.6) is 11.5 Å². The molecule has 0 unspecified atom stereocenters. The van der Waals surface area contributed by atoms with E-state index in [1.54, 1.807) is 13.8 Å². The van der Waals surface area contributed by atoms with E-state index in [4.69, 9.17) is 4.74 Å². The molecule has 5 aliphatic heterocycles. The van der Waals surface area contributed by atoms with Gasteiger partial charge in [-0.3, -0.25) is 9.59 Å². The van der Waals surface area contributed by atoms with Gasteiger partial charge in [0.05, 0.1) is 5.56 Å². The maximum absolute atomic E-state index is 12.1. The van der Waals surface area contributed by atoms with Crippen molar-refractivity contribution >= 4 is 44.6 Å². The summed E-state index contributed by atoms with van der Waals surface area (Å²) in [6.45, 7) is 19.7. The molecule has 0 fully saturated rings. The van der Waals surface area contributed by atoms with Gasteiger partial charge in [0.2, 0.25) is 17.2 Å². The Labute approximate surface area is 412 Å². The number of benzene rings is 6. The molecule has 70 heavy (non-hydrogen) atoms. The summed E-state index contributed by atoms with van der Waals surface area (Å²) >= 11 is 0. The molecule has 0 radical (unpaired) electrons. The Bertz CT molecular complexity index is 3250. The lowest BCUT2D eigenvalue weighted by Crippen LogP contribution is -2.45. The summed E-state index contributed by atoms with van der Waals surface area (Å²) in [7, 11) is 0. The zero-order chi connectivity index (χ0) is 47.9. The molecule has 9 heteroatoms. The van der Waals surface area contributed by atoms with Crippen LogP contribution < -0.4 is 46.1 Å². The molecule has 0 spiro atoms. The van der Waals surface area contributed by atoms with Crippen molar-refractivity contribution in [1.82, 2.24) is 25.8 Å². The molecule has 4 N–H and O–H groups in total. The third-order valence-corrected chi connectivity index (χ3v) is 15.5. The standard InChI is InChI=1S/C61H66N6O3/c1-38(2)60(68)64-27-11-25-62-36-53-45-15-5-6-16-46(45)54(37-63-26-12-28-65-61(69)39(3)4)50-33-42(23-24-47(50)53)40-19-21-41(22-20-40)55-51-34-43-13-7-29-66-31-9-17-48(56(43)66)58(51)70-59-49-18-10-32-67-30-8-14-44(57(49)67)35-52(55)59/h5-6,15-16,19-24,33-35,62-63H,1,3,7-14,17-18,25-32,36-37H2,2,4H3,(H-,64,65,68,69)/p+1. The summed E-state index contributed by atoms with van der Waals surface area (Å²) < 4.78 is 10.00. The van der Waals surface area contributed by atoms with Crippen molar-refractivity contribution in [3.63, 3.8) is 0 Å². The molecule has 0 saturated heterocycles. The summed E-state index contributed by atoms with van der Waals surface area (Å²) in [5.74, 6) is 2.00. The van der Waals surface area contributed by atoms with Gasteiger partial charge in [-0.2, -0.15) is 0 Å². The minimum absolute atomic E-state index is 0.0977. The van der Waals surface area contributed by atoms with Gasteiger partial charge >= 0.3 is 0 Å². The van der Waals surface area contributed by atoms with Gasteiger partial charge in [-0.05, 0) is 151 Å². The quantitative estimate of drug-likeness (QED) is 0.0337. The lowest BCUT2D eigenvalue weighted by atomic mass is 9.82. The second kappa shape index (κ2) is 19.7. The molecule has 358 valence electrons. The zero-order valence-electron chi connectivity index (χ0n) is 41.2. The van der Waals surface area contributed by atoms with E-state index in [1.807, 2.05) is 0 Å². The normalized spacial score (nSPS) is 15.4. The highest BCUT2D eigenvalue weighted by Crippen LogP contribution is 2.49. The highest BCUT2D eigenvalue weighted by Gasteiger charge is 2.35. The predicted molar refractivity (Wildman–Crippen MR) is 285 cm³/mol. The van der Waals surface area contributed by atoms with Gasteiger partial charge in [-0.15, -0.1) is 0 Å². The lowest BCUT2D eigenvalue weighted by Gasteiger charge is -2.39. The monoisotopic (exact) mass is 932 g/mol. The highest BCUT2D eigenvalue weighted by molar-refractivity contribution is 6.07. The number of hydrogen-bond acceptors (Lipinski definition) is 6. The molecule has 0 aromatic heterocycles. The molecule has 0 atom stereocenters. The first-order valence-corrected chi connectivity index (χ1v) is 26.0. The van der Waals surface area contributed by atoms with Crippen LogP contribution in [0.1, 0.15) is 96.9 Å². The Hall–Kier alpha value is -6.55. The van der Waals surface area contributed by atoms with Crippen LogP contribution in [0.25, 0.3) is 38.2 Å². The third-order valence-electron chi connectivity index (χ3n) is 15.5. The Morgan fingerprint density at radius 2 is 1.20 bits per heavy atom. The third kappa shape index (κ3) is 8.61. The Balaban J connectivity index is 0.979. The fourth-order valence-corrected chi connectivity index (χ4v) is 12.1. The molecule has 6 aromatic rings. The van der Waals surface area contributed by atoms with Gasteiger partial charge in [-0.1, -0.05) is 73.8 Å². The van der Waals surface area contributed by atoms with E-state index in [2.05, 4.69) is 123 Å². The number of ether oxygens (including phenoxy) is 1. The van der Waals surface area contributed by atoms with Gasteiger partial charge in [-0.25, -0.2) is 4.58 Å². The number of amides is 2. The Morgan fingerprint density at radius 1 is 0.614 bits per heavy atom. The van der Waals surface area contributed by atoms with Crippen molar-refractivity contribution in [3.05, 3.63) is 158 Å². The van der Waals surface area contributed by atoms with E-state index in [1.165, 1.54) is 112 Å². The van der Waals surface area contributed by atoms with Crippen molar-refractivity contribution in [2.75, 3.05) is 57.3 Å². The van der Waals surface area contributed by atoms with Crippen LogP contribution in [-0.2, 0) is 48.4 Å². The first-order chi connectivity index (χ1) is 34.2. The van der Waals surface area contributed by atoms with Crippen LogP contribution >= 0.6 is 0 Å². The lowest BCUT2D eigenvalue weighted by molar-refractivity contribution is -0.118. The van der Waals surface area contributed by atoms with Crippen LogP contribution in [0, 0.1) is 0 Å². The molecule has 2 amide bonds. The number of rotatable bonds is 16. The van der Waals surface area contributed by atoms with Crippen molar-refractivity contribution < 1.29 is 14.3 Å². The Kier molecular flexibility index (Phi) is 12.9. The molecule has 0 bridgehead atoms. The summed E-state index contributed by atoms with van der Waals surface area (Å²) in [6.07, 6.45) is 10.7. The summed E-state index contributed by atoms with van der Waals surface area (Å²) in [5.41, 5.74) is 17.0. The van der Waals surface area contributed by atoms with Gasteiger partial charge < -0.3 is 30.9 Å². The topological polar surface area (TPSA) is 97.7 Å². The second-order valence-corrected chi connectivity index (χ2v) is 20.3. The molecule has 11 rings (SSSR count). The number of aryl methyl sites for hydroxylation is 2. The SMILES string of the molecule is C=C(C)C(=O)NCCCNCc1c2ccccc2c(CNCCCNC(=O)C(=C)C)c2cc(-c3ccc(C4=c5cc6c7c(c5Oc5c4cc4c8c5CCCN8CCC4)CCC[N+]=7CCC6)cc3)ccc12. The summed E-state index contributed by atoms with van der Waals surface area (Å²) in [4.78, 5) is 26.9. The average Bonchev–Trinajstić information content (AvgIpc) is 3.38. The van der Waals surface area contributed by atoms with E-state index in [0.717, 1.165) is 102 Å². The molecular weight excluding hydrogens is 865 g/mol. The van der Waals surface area contributed by atoms with Crippen LogP contribution in [0.3, 0.4) is 0 Å². The van der Waals surface area contributed by atoms with Crippen LogP contribution in [0.15, 0.2) is 103 Å². The number of hydrogen-bond donors (Lipinski definition) is 4. The number of fused-ring (bicyclic) bond motifs is 6. The molecule has 9 nitrogen and oxygen atoms in total. The van der Waals surface area contributed by atoms with Crippen molar-refractivity contribution in [2.45, 2.75) is 91.1 Å². The van der Waals surface area contributed by atoms with E-state index in [0.29, 0.717) is 37.3 Å². The van der Waals surface area contributed by atoms with E-state index < -0.39 is 0 Å². The minimum Gasteiger partial charge on any atom is -0.455 e. The molecule has 5 heterocycles. The van der Waals surface area contributed by atoms with Crippen LogP contribution in [-0.4, -0.2) is 64.2 Å².